The van der Waals surface area contributed by atoms with Gasteiger partial charge in [-0.25, -0.2) is 9.59 Å². The lowest BCUT2D eigenvalue weighted by atomic mass is 9.98. The first-order chi connectivity index (χ1) is 15.2. The monoisotopic (exact) mass is 436 g/mol. The summed E-state index contributed by atoms with van der Waals surface area (Å²) in [6.45, 7) is 4.64. The molecule has 0 aromatic heterocycles. The molecule has 0 radical (unpaired) electrons. The summed E-state index contributed by atoms with van der Waals surface area (Å²) in [6.07, 6.45) is 3.69. The van der Waals surface area contributed by atoms with Crippen LogP contribution in [0.15, 0.2) is 48.5 Å². The molecule has 32 heavy (non-hydrogen) atoms. The first-order valence-electron chi connectivity index (χ1n) is 10.1. The highest BCUT2D eigenvalue weighted by atomic mass is 16.7. The van der Waals surface area contributed by atoms with Gasteiger partial charge in [0.15, 0.2) is 6.10 Å². The van der Waals surface area contributed by atoms with Crippen LogP contribution < -0.4 is 0 Å². The lowest BCUT2D eigenvalue weighted by molar-refractivity contribution is -0.184. The molecule has 1 unspecified atom stereocenters. The second-order valence-electron chi connectivity index (χ2n) is 7.63. The fraction of sp³-hybridized carbons (Fsp3) is 0.320. The molecule has 1 heterocycles. The molecule has 0 aliphatic carbocycles. The third-order valence-electron chi connectivity index (χ3n) is 5.05. The second-order valence-corrected chi connectivity index (χ2v) is 7.63. The molecular formula is C25H24O7. The third kappa shape index (κ3) is 5.34. The van der Waals surface area contributed by atoms with E-state index in [1.54, 1.807) is 48.5 Å². The maximum absolute atomic E-state index is 12.7. The number of ether oxygens (including phenoxy) is 4. The van der Waals surface area contributed by atoms with Crippen molar-refractivity contribution in [3.63, 3.8) is 0 Å². The molecule has 0 N–H and O–H groups in total. The molecule has 1 saturated heterocycles. The first kappa shape index (κ1) is 23.0. The summed E-state index contributed by atoms with van der Waals surface area (Å²) in [5.74, 6) is 0.637. The van der Waals surface area contributed by atoms with E-state index in [0.717, 1.165) is 11.1 Å². The standard InChI is InChI=1S/C25H24O7/c1-5-25(15-29-23(27)19-10-6-16(2)7-11-19)21(14-22(32-25)30-18(4)26)31-24(28)20-12-8-17(3)9-13-20/h1,6-13,21-22H,14-15H2,2-4H3/t21-,22?,25+/m0/s1. The zero-order valence-electron chi connectivity index (χ0n) is 18.1. The molecular weight excluding hydrogens is 412 g/mol. The second kappa shape index (κ2) is 9.67. The molecule has 1 aliphatic rings. The maximum atomic E-state index is 12.7. The Balaban J connectivity index is 1.78. The molecule has 0 spiro atoms. The summed E-state index contributed by atoms with van der Waals surface area (Å²) < 4.78 is 21.9. The van der Waals surface area contributed by atoms with E-state index in [1.165, 1.54) is 6.92 Å². The largest absolute Gasteiger partial charge is 0.458 e. The molecule has 2 aromatic rings. The predicted molar refractivity (Wildman–Crippen MR) is 115 cm³/mol. The van der Waals surface area contributed by atoms with Crippen LogP contribution in [0.5, 0.6) is 0 Å². The first-order valence-corrected chi connectivity index (χ1v) is 10.1. The SMILES string of the molecule is C#C[C@]1(COC(=O)c2ccc(C)cc2)OC(OC(C)=O)C[C@@H]1OC(=O)c1ccc(C)cc1. The Morgan fingerprint density at radius 1 is 0.969 bits per heavy atom. The van der Waals surface area contributed by atoms with Crippen LogP contribution in [-0.2, 0) is 23.7 Å². The highest BCUT2D eigenvalue weighted by Gasteiger charge is 2.53. The Hall–Kier alpha value is -3.63. The summed E-state index contributed by atoms with van der Waals surface area (Å²) in [5, 5.41) is 0. The van der Waals surface area contributed by atoms with Crippen molar-refractivity contribution in [1.82, 2.24) is 0 Å². The van der Waals surface area contributed by atoms with E-state index >= 15 is 0 Å². The normalized spacial score (nSPS) is 21.9. The quantitative estimate of drug-likeness (QED) is 0.390. The summed E-state index contributed by atoms with van der Waals surface area (Å²) in [6, 6.07) is 13.6. The molecule has 2 aromatic carbocycles. The van der Waals surface area contributed by atoms with Crippen LogP contribution in [-0.4, -0.2) is 42.5 Å². The Morgan fingerprint density at radius 3 is 2.00 bits per heavy atom. The van der Waals surface area contributed by atoms with E-state index in [9.17, 15) is 14.4 Å². The van der Waals surface area contributed by atoms with E-state index in [2.05, 4.69) is 5.92 Å². The van der Waals surface area contributed by atoms with Crippen LogP contribution in [0.25, 0.3) is 0 Å². The number of hydrogen-bond donors (Lipinski definition) is 0. The molecule has 3 rings (SSSR count). The number of benzene rings is 2. The van der Waals surface area contributed by atoms with Crippen LogP contribution in [0.1, 0.15) is 45.2 Å². The van der Waals surface area contributed by atoms with Crippen LogP contribution in [0, 0.1) is 26.2 Å². The topological polar surface area (TPSA) is 88.1 Å². The van der Waals surface area contributed by atoms with Gasteiger partial charge in [0.1, 0.15) is 6.61 Å². The predicted octanol–water partition coefficient (Wildman–Crippen LogP) is 3.37. The maximum Gasteiger partial charge on any atom is 0.338 e. The average molecular weight is 436 g/mol. The number of aryl methyl sites for hydroxylation is 2. The zero-order valence-corrected chi connectivity index (χ0v) is 18.1. The van der Waals surface area contributed by atoms with Gasteiger partial charge in [0, 0.05) is 6.92 Å². The van der Waals surface area contributed by atoms with Crippen LogP contribution in [0.2, 0.25) is 0 Å². The van der Waals surface area contributed by atoms with Gasteiger partial charge < -0.3 is 18.9 Å². The van der Waals surface area contributed by atoms with Gasteiger partial charge >= 0.3 is 17.9 Å². The molecule has 1 fully saturated rings. The van der Waals surface area contributed by atoms with Crippen LogP contribution >= 0.6 is 0 Å². The number of hydrogen-bond acceptors (Lipinski definition) is 7. The minimum absolute atomic E-state index is 0.00344. The van der Waals surface area contributed by atoms with Crippen molar-refractivity contribution in [3.8, 4) is 12.3 Å². The minimum atomic E-state index is -1.61. The van der Waals surface area contributed by atoms with Crippen molar-refractivity contribution in [2.75, 3.05) is 6.61 Å². The molecule has 0 amide bonds. The van der Waals surface area contributed by atoms with E-state index in [0.29, 0.717) is 11.1 Å². The van der Waals surface area contributed by atoms with E-state index < -0.39 is 35.9 Å². The molecule has 0 saturated carbocycles. The summed E-state index contributed by atoms with van der Waals surface area (Å²) >= 11 is 0. The zero-order chi connectivity index (χ0) is 23.3. The van der Waals surface area contributed by atoms with Crippen LogP contribution in [0.3, 0.4) is 0 Å². The van der Waals surface area contributed by atoms with Gasteiger partial charge in [-0.05, 0) is 38.1 Å². The number of esters is 3. The van der Waals surface area contributed by atoms with E-state index in [-0.39, 0.29) is 13.0 Å². The van der Waals surface area contributed by atoms with Crippen molar-refractivity contribution in [2.24, 2.45) is 0 Å². The minimum Gasteiger partial charge on any atom is -0.458 e. The molecule has 1 aliphatic heterocycles. The van der Waals surface area contributed by atoms with Gasteiger partial charge in [-0.3, -0.25) is 4.79 Å². The van der Waals surface area contributed by atoms with Crippen molar-refractivity contribution >= 4 is 17.9 Å². The Bertz CT molecular complexity index is 1030. The third-order valence-corrected chi connectivity index (χ3v) is 5.05. The average Bonchev–Trinajstić information content (AvgIpc) is 3.09. The molecule has 166 valence electrons. The number of carbonyl (C=O) groups is 3. The summed E-state index contributed by atoms with van der Waals surface area (Å²) in [4.78, 5) is 36.6. The fourth-order valence-electron chi connectivity index (χ4n) is 3.25. The van der Waals surface area contributed by atoms with Gasteiger partial charge in [0.05, 0.1) is 17.5 Å². The van der Waals surface area contributed by atoms with Crippen molar-refractivity contribution < 1.29 is 33.3 Å². The lowest BCUT2D eigenvalue weighted by Crippen LogP contribution is -2.45. The summed E-state index contributed by atoms with van der Waals surface area (Å²) in [5.41, 5.74) is 1.04. The Kier molecular flexibility index (Phi) is 6.96. The van der Waals surface area contributed by atoms with Gasteiger partial charge in [-0.2, -0.15) is 0 Å². The van der Waals surface area contributed by atoms with Gasteiger partial charge in [-0.1, -0.05) is 41.3 Å². The molecule has 7 heteroatoms. The highest BCUT2D eigenvalue weighted by Crippen LogP contribution is 2.35. The van der Waals surface area contributed by atoms with Crippen LogP contribution in [0.4, 0.5) is 0 Å². The van der Waals surface area contributed by atoms with Gasteiger partial charge in [-0.15, -0.1) is 6.42 Å². The molecule has 7 nitrogen and oxygen atoms in total. The Labute approximate surface area is 186 Å². The van der Waals surface area contributed by atoms with Gasteiger partial charge in [0.25, 0.3) is 0 Å². The lowest BCUT2D eigenvalue weighted by Gasteiger charge is -2.28. The summed E-state index contributed by atoms with van der Waals surface area (Å²) in [7, 11) is 0. The number of rotatable bonds is 6. The molecule has 0 bridgehead atoms. The smallest absolute Gasteiger partial charge is 0.338 e. The fourth-order valence-corrected chi connectivity index (χ4v) is 3.25. The number of carbonyl (C=O) groups excluding carboxylic acids is 3. The van der Waals surface area contributed by atoms with Crippen molar-refractivity contribution in [1.29, 1.82) is 0 Å². The highest BCUT2D eigenvalue weighted by molar-refractivity contribution is 5.90. The van der Waals surface area contributed by atoms with Crippen molar-refractivity contribution in [2.45, 2.75) is 45.2 Å². The van der Waals surface area contributed by atoms with E-state index in [4.69, 9.17) is 25.4 Å². The number of terminal acetylenes is 1. The Morgan fingerprint density at radius 2 is 1.50 bits per heavy atom. The van der Waals surface area contributed by atoms with Gasteiger partial charge in [0.2, 0.25) is 11.9 Å². The molecule has 3 atom stereocenters. The van der Waals surface area contributed by atoms with E-state index in [1.807, 2.05) is 13.8 Å². The van der Waals surface area contributed by atoms with Crippen molar-refractivity contribution in [3.05, 3.63) is 70.8 Å².